The van der Waals surface area contributed by atoms with Gasteiger partial charge in [0, 0.05) is 44.0 Å². The normalized spacial score (nSPS) is 11.8. The molecule has 0 amide bonds. The molecule has 6 aromatic heterocycles. The third-order valence-electron chi connectivity index (χ3n) is 21.2. The summed E-state index contributed by atoms with van der Waals surface area (Å²) in [4.78, 5) is 20.3. The van der Waals surface area contributed by atoms with E-state index in [9.17, 15) is 0 Å². The van der Waals surface area contributed by atoms with Gasteiger partial charge in [0.05, 0.1) is 55.2 Å². The fourth-order valence-electron chi connectivity index (χ4n) is 16.0. The number of fused-ring (bicyclic) bond motifs is 19. The zero-order chi connectivity index (χ0) is 69.8. The predicted molar refractivity (Wildman–Crippen MR) is 440 cm³/mol. The van der Waals surface area contributed by atoms with Gasteiger partial charge in [-0.3, -0.25) is 17.9 Å². The molecular formula is C98H62N8. The standard InChI is InChI=1S/C50H32N4.C48H30N4/c1-2-10-40(11-3-1)53-47-16-8-5-13-44(47)51-49(53)38-28-26-36(27-29-38)34-20-18-33(19-21-34)35-22-24-37(25-23-35)39-30-31-41-42-12-4-7-15-46(42)54-48-17-9-6-14-45(48)52-50(54)43(41)32-39;1-2-10-38(11-3-1)51-45-16-8-5-13-42(45)49-47(51)32-20-18-31(19-21-32)33-22-23-35-29-36(25-24-34(35)28-33)37-26-27-39-40-12-4-7-15-44(40)52-46-17-9-6-14-43(46)50-48(52)41(39)30-37/h1-32H;1-30H. The number of nitrogens with zero attached hydrogens (tertiary/aromatic N) is 8. The summed E-state index contributed by atoms with van der Waals surface area (Å²) in [5.74, 6) is 1.88. The minimum atomic E-state index is 0.938. The van der Waals surface area contributed by atoms with E-state index < -0.39 is 0 Å². The first-order chi connectivity index (χ1) is 52.5. The highest BCUT2D eigenvalue weighted by atomic mass is 15.1. The Balaban J connectivity index is 0.000000136. The van der Waals surface area contributed by atoms with Gasteiger partial charge in [-0.2, -0.15) is 0 Å². The van der Waals surface area contributed by atoms with E-state index in [0.717, 1.165) is 100 Å². The average Bonchev–Trinajstić information content (AvgIpc) is 1.52. The Kier molecular flexibility index (Phi) is 14.1. The molecule has 0 aliphatic rings. The van der Waals surface area contributed by atoms with Crippen molar-refractivity contribution in [1.29, 1.82) is 0 Å². The molecule has 0 fully saturated rings. The molecule has 0 bridgehead atoms. The van der Waals surface area contributed by atoms with Gasteiger partial charge in [-0.05, 0) is 186 Å². The summed E-state index contributed by atoms with van der Waals surface area (Å²) in [5.41, 5.74) is 29.0. The van der Waals surface area contributed by atoms with Crippen LogP contribution in [0.25, 0.3) is 199 Å². The maximum Gasteiger partial charge on any atom is 0.146 e. The Morgan fingerprint density at radius 1 is 0.170 bits per heavy atom. The van der Waals surface area contributed by atoms with Crippen molar-refractivity contribution in [2.24, 2.45) is 0 Å². The molecule has 6 heterocycles. The van der Waals surface area contributed by atoms with E-state index >= 15 is 0 Å². The van der Waals surface area contributed by atoms with E-state index in [0.29, 0.717) is 0 Å². The number of pyridine rings is 2. The molecule has 0 radical (unpaired) electrons. The third kappa shape index (κ3) is 10.1. The predicted octanol–water partition coefficient (Wildman–Crippen LogP) is 25.1. The highest BCUT2D eigenvalue weighted by molar-refractivity contribution is 6.16. The van der Waals surface area contributed by atoms with E-state index in [1.807, 2.05) is 24.3 Å². The summed E-state index contributed by atoms with van der Waals surface area (Å²) in [7, 11) is 0. The molecule has 0 saturated heterocycles. The lowest BCUT2D eigenvalue weighted by atomic mass is 9.95. The van der Waals surface area contributed by atoms with E-state index in [1.54, 1.807) is 0 Å². The molecule has 8 nitrogen and oxygen atoms in total. The Hall–Kier alpha value is -14.3. The molecule has 22 rings (SSSR count). The summed E-state index contributed by atoms with van der Waals surface area (Å²) < 4.78 is 9.10. The van der Waals surface area contributed by atoms with Gasteiger partial charge in [0.25, 0.3) is 0 Å². The van der Waals surface area contributed by atoms with E-state index in [4.69, 9.17) is 19.9 Å². The summed E-state index contributed by atoms with van der Waals surface area (Å²) in [5, 5.41) is 9.64. The van der Waals surface area contributed by atoms with Crippen LogP contribution < -0.4 is 0 Å². The van der Waals surface area contributed by atoms with E-state index in [1.165, 1.54) is 99.0 Å². The van der Waals surface area contributed by atoms with Crippen molar-refractivity contribution in [2.75, 3.05) is 0 Å². The third-order valence-corrected chi connectivity index (χ3v) is 21.2. The van der Waals surface area contributed by atoms with Gasteiger partial charge in [0.15, 0.2) is 0 Å². The van der Waals surface area contributed by atoms with Crippen molar-refractivity contribution in [3.8, 4) is 89.8 Å². The molecule has 8 heteroatoms. The fraction of sp³-hybridized carbons (Fsp3) is 0. The van der Waals surface area contributed by atoms with Crippen molar-refractivity contribution >= 4 is 110 Å². The minimum Gasteiger partial charge on any atom is -0.292 e. The highest BCUT2D eigenvalue weighted by Crippen LogP contribution is 2.41. The van der Waals surface area contributed by atoms with Crippen LogP contribution in [0.5, 0.6) is 0 Å². The fourth-order valence-corrected chi connectivity index (χ4v) is 16.0. The number of imidazole rings is 4. The monoisotopic (exact) mass is 1350 g/mol. The lowest BCUT2D eigenvalue weighted by Crippen LogP contribution is -1.97. The second-order valence-electron chi connectivity index (χ2n) is 27.4. The average molecular weight is 1350 g/mol. The van der Waals surface area contributed by atoms with Crippen molar-refractivity contribution in [3.63, 3.8) is 0 Å². The zero-order valence-corrected chi connectivity index (χ0v) is 57.4. The van der Waals surface area contributed by atoms with Crippen molar-refractivity contribution in [3.05, 3.63) is 376 Å². The smallest absolute Gasteiger partial charge is 0.146 e. The van der Waals surface area contributed by atoms with Crippen LogP contribution in [0.2, 0.25) is 0 Å². The second-order valence-corrected chi connectivity index (χ2v) is 27.4. The molecule has 494 valence electrons. The van der Waals surface area contributed by atoms with Crippen molar-refractivity contribution < 1.29 is 0 Å². The molecule has 0 spiro atoms. The van der Waals surface area contributed by atoms with E-state index in [-0.39, 0.29) is 0 Å². The maximum absolute atomic E-state index is 5.13. The molecule has 0 atom stereocenters. The lowest BCUT2D eigenvalue weighted by Gasteiger charge is -2.12. The van der Waals surface area contributed by atoms with Gasteiger partial charge in [-0.15, -0.1) is 0 Å². The first-order valence-corrected chi connectivity index (χ1v) is 36.0. The van der Waals surface area contributed by atoms with Crippen LogP contribution in [-0.4, -0.2) is 37.9 Å². The van der Waals surface area contributed by atoms with Crippen molar-refractivity contribution in [1.82, 2.24) is 37.9 Å². The van der Waals surface area contributed by atoms with Gasteiger partial charge in [0.2, 0.25) is 0 Å². The Bertz CT molecular complexity index is 7210. The maximum atomic E-state index is 5.13. The SMILES string of the molecule is c1ccc(-n2c(-c3ccc(-c4ccc(-c5ccc(-c6ccc7c8ccccc8n8c9ccccc9nc8c7c6)cc5)cc4)cc3)nc3ccccc32)cc1.c1ccc(-n2c(-c3ccc(-c4ccc5cc(-c6ccc7c8ccccc8n8c9ccccc9nc8c7c6)ccc5c4)cc3)nc3ccccc32)cc1. The molecule has 0 N–H and O–H groups in total. The van der Waals surface area contributed by atoms with Gasteiger partial charge in [-0.25, -0.2) is 19.9 Å². The van der Waals surface area contributed by atoms with Crippen LogP contribution in [0.4, 0.5) is 0 Å². The molecule has 0 unspecified atom stereocenters. The van der Waals surface area contributed by atoms with Crippen LogP contribution in [-0.2, 0) is 0 Å². The lowest BCUT2D eigenvalue weighted by molar-refractivity contribution is 1.10. The van der Waals surface area contributed by atoms with Crippen LogP contribution in [0.1, 0.15) is 0 Å². The molecule has 0 aliphatic heterocycles. The Morgan fingerprint density at radius 2 is 0.443 bits per heavy atom. The minimum absolute atomic E-state index is 0.938. The molecule has 0 saturated carbocycles. The number of hydrogen-bond acceptors (Lipinski definition) is 4. The Morgan fingerprint density at radius 3 is 0.840 bits per heavy atom. The van der Waals surface area contributed by atoms with Gasteiger partial charge < -0.3 is 0 Å². The summed E-state index contributed by atoms with van der Waals surface area (Å²) in [6.07, 6.45) is 0. The number of para-hydroxylation sites is 12. The first kappa shape index (κ1) is 60.4. The van der Waals surface area contributed by atoms with Crippen LogP contribution in [0, 0.1) is 0 Å². The summed E-state index contributed by atoms with van der Waals surface area (Å²) in [6, 6.07) is 134. The van der Waals surface area contributed by atoms with Gasteiger partial charge in [0.1, 0.15) is 22.9 Å². The van der Waals surface area contributed by atoms with Gasteiger partial charge >= 0.3 is 0 Å². The number of rotatable bonds is 9. The molecular weight excluding hydrogens is 1290 g/mol. The Labute approximate surface area is 609 Å². The van der Waals surface area contributed by atoms with Crippen LogP contribution in [0.3, 0.4) is 0 Å². The molecule has 106 heavy (non-hydrogen) atoms. The van der Waals surface area contributed by atoms with Crippen LogP contribution in [0.15, 0.2) is 376 Å². The number of benzene rings is 16. The number of aromatic nitrogens is 8. The molecule has 22 aromatic rings. The second kappa shape index (κ2) is 24.7. The van der Waals surface area contributed by atoms with Gasteiger partial charge in [-0.1, -0.05) is 267 Å². The highest BCUT2D eigenvalue weighted by Gasteiger charge is 2.20. The first-order valence-electron chi connectivity index (χ1n) is 36.0. The van der Waals surface area contributed by atoms with Crippen molar-refractivity contribution in [2.45, 2.75) is 0 Å². The zero-order valence-electron chi connectivity index (χ0n) is 57.4. The van der Waals surface area contributed by atoms with Crippen LogP contribution >= 0.6 is 0 Å². The molecule has 16 aromatic carbocycles. The topological polar surface area (TPSA) is 70.2 Å². The van der Waals surface area contributed by atoms with E-state index in [2.05, 4.69) is 370 Å². The number of hydrogen-bond donors (Lipinski definition) is 0. The summed E-state index contributed by atoms with van der Waals surface area (Å²) in [6.45, 7) is 0. The largest absolute Gasteiger partial charge is 0.292 e. The molecule has 0 aliphatic carbocycles. The quantitative estimate of drug-likeness (QED) is 0.135. The summed E-state index contributed by atoms with van der Waals surface area (Å²) >= 11 is 0.